The number of fused-ring (bicyclic) bond motifs is 1. The molecular formula is C17H14N2O5. The molecule has 0 fully saturated rings. The van der Waals surface area contributed by atoms with Crippen molar-refractivity contribution in [1.82, 2.24) is 9.55 Å². The van der Waals surface area contributed by atoms with Gasteiger partial charge in [-0.25, -0.2) is 14.6 Å². The number of aromatic nitrogens is 2. The zero-order valence-electron chi connectivity index (χ0n) is 13.0. The minimum atomic E-state index is -0.696. The van der Waals surface area contributed by atoms with E-state index >= 15 is 0 Å². The lowest BCUT2D eigenvalue weighted by atomic mass is 10.1. The Kier molecular flexibility index (Phi) is 3.91. The molecule has 0 amide bonds. The van der Waals surface area contributed by atoms with Gasteiger partial charge in [-0.3, -0.25) is 4.57 Å². The Morgan fingerprint density at radius 1 is 1.04 bits per heavy atom. The maximum atomic E-state index is 12.3. The number of phenolic OH excluding ortho intramolecular Hbond substituents is 1. The van der Waals surface area contributed by atoms with Crippen LogP contribution >= 0.6 is 0 Å². The summed E-state index contributed by atoms with van der Waals surface area (Å²) >= 11 is 0. The van der Waals surface area contributed by atoms with Crippen LogP contribution in [0.2, 0.25) is 0 Å². The molecule has 0 bridgehead atoms. The number of ether oxygens (including phenoxy) is 2. The van der Waals surface area contributed by atoms with Crippen LogP contribution in [0.15, 0.2) is 42.7 Å². The molecule has 3 rings (SSSR count). The zero-order chi connectivity index (χ0) is 17.3. The van der Waals surface area contributed by atoms with Crippen LogP contribution in [0.3, 0.4) is 0 Å². The third-order valence-corrected chi connectivity index (χ3v) is 3.65. The smallest absolute Gasteiger partial charge is 0.340 e. The molecule has 1 heterocycles. The van der Waals surface area contributed by atoms with Crippen molar-refractivity contribution in [3.8, 4) is 11.4 Å². The minimum Gasteiger partial charge on any atom is -0.506 e. The predicted octanol–water partition coefficient (Wildman–Crippen LogP) is 2.30. The largest absolute Gasteiger partial charge is 0.506 e. The van der Waals surface area contributed by atoms with E-state index in [1.807, 2.05) is 0 Å². The number of methoxy groups -OCH3 is 2. The van der Waals surface area contributed by atoms with Crippen molar-refractivity contribution < 1.29 is 24.2 Å². The molecule has 7 nitrogen and oxygen atoms in total. The number of esters is 2. The van der Waals surface area contributed by atoms with Crippen LogP contribution in [-0.4, -0.2) is 40.8 Å². The van der Waals surface area contributed by atoms with E-state index in [4.69, 9.17) is 9.47 Å². The van der Waals surface area contributed by atoms with E-state index in [0.717, 1.165) is 0 Å². The molecule has 122 valence electrons. The van der Waals surface area contributed by atoms with Crippen molar-refractivity contribution >= 4 is 23.0 Å². The van der Waals surface area contributed by atoms with Gasteiger partial charge in [-0.15, -0.1) is 0 Å². The Morgan fingerprint density at radius 2 is 1.75 bits per heavy atom. The first-order valence-corrected chi connectivity index (χ1v) is 7.03. The van der Waals surface area contributed by atoms with E-state index in [2.05, 4.69) is 4.98 Å². The molecule has 7 heteroatoms. The van der Waals surface area contributed by atoms with E-state index in [1.165, 1.54) is 37.2 Å². The summed E-state index contributed by atoms with van der Waals surface area (Å²) < 4.78 is 11.1. The molecule has 0 aliphatic heterocycles. The molecule has 0 aliphatic rings. The summed E-state index contributed by atoms with van der Waals surface area (Å²) in [6.45, 7) is 0. The molecule has 0 unspecified atom stereocenters. The summed E-state index contributed by atoms with van der Waals surface area (Å²) in [6, 6.07) is 9.67. The van der Waals surface area contributed by atoms with Gasteiger partial charge in [0.25, 0.3) is 0 Å². The van der Waals surface area contributed by atoms with Crippen LogP contribution in [0.4, 0.5) is 0 Å². The van der Waals surface area contributed by atoms with Crippen molar-refractivity contribution in [2.75, 3.05) is 14.2 Å². The number of carbonyl (C=O) groups is 2. The summed E-state index contributed by atoms with van der Waals surface area (Å²) in [5.74, 6) is -1.35. The van der Waals surface area contributed by atoms with Crippen molar-refractivity contribution in [1.29, 1.82) is 0 Å². The van der Waals surface area contributed by atoms with E-state index in [1.54, 1.807) is 24.3 Å². The highest BCUT2D eigenvalue weighted by molar-refractivity contribution is 6.11. The highest BCUT2D eigenvalue weighted by Crippen LogP contribution is 2.29. The summed E-state index contributed by atoms with van der Waals surface area (Å²) in [5, 5.41) is 10.1. The second-order valence-corrected chi connectivity index (χ2v) is 4.94. The van der Waals surface area contributed by atoms with Gasteiger partial charge in [0.2, 0.25) is 0 Å². The first kappa shape index (κ1) is 15.5. The Bertz CT molecular complexity index is 945. The van der Waals surface area contributed by atoms with Crippen molar-refractivity contribution in [3.63, 3.8) is 0 Å². The molecule has 1 aromatic heterocycles. The van der Waals surface area contributed by atoms with Crippen LogP contribution < -0.4 is 0 Å². The van der Waals surface area contributed by atoms with E-state index in [-0.39, 0.29) is 16.9 Å². The Hall–Kier alpha value is -3.35. The van der Waals surface area contributed by atoms with Gasteiger partial charge < -0.3 is 14.6 Å². The predicted molar refractivity (Wildman–Crippen MR) is 85.4 cm³/mol. The monoisotopic (exact) mass is 326 g/mol. The molecule has 1 N–H and O–H groups in total. The summed E-state index contributed by atoms with van der Waals surface area (Å²) in [7, 11) is 2.46. The Balaban J connectivity index is 2.40. The standard InChI is InChI=1S/C17H14N2O5/c1-23-16(21)10-7-8-11-15(14(10)17(22)24-2)19(9-18-11)12-5-3-4-6-13(12)20/h3-9,20H,1-2H3. The topological polar surface area (TPSA) is 90.6 Å². The highest BCUT2D eigenvalue weighted by Gasteiger charge is 2.25. The molecule has 0 radical (unpaired) electrons. The molecule has 0 atom stereocenters. The number of benzene rings is 2. The number of para-hydroxylation sites is 2. The molecule has 0 saturated heterocycles. The minimum absolute atomic E-state index is 0.0103. The van der Waals surface area contributed by atoms with Gasteiger partial charge in [0.15, 0.2) is 0 Å². The van der Waals surface area contributed by atoms with Gasteiger partial charge in [-0.2, -0.15) is 0 Å². The molecule has 0 spiro atoms. The quantitative estimate of drug-likeness (QED) is 0.743. The van der Waals surface area contributed by atoms with Gasteiger partial charge in [0.1, 0.15) is 17.6 Å². The van der Waals surface area contributed by atoms with Crippen molar-refractivity contribution in [2.24, 2.45) is 0 Å². The lowest BCUT2D eigenvalue weighted by molar-refractivity contribution is 0.0557. The van der Waals surface area contributed by atoms with Gasteiger partial charge >= 0.3 is 11.9 Å². The molecule has 2 aromatic carbocycles. The third kappa shape index (κ3) is 2.36. The first-order chi connectivity index (χ1) is 11.6. The Morgan fingerprint density at radius 3 is 2.42 bits per heavy atom. The number of nitrogens with zero attached hydrogens (tertiary/aromatic N) is 2. The first-order valence-electron chi connectivity index (χ1n) is 7.03. The molecular weight excluding hydrogens is 312 g/mol. The molecule has 0 aliphatic carbocycles. The number of phenols is 1. The number of hydrogen-bond acceptors (Lipinski definition) is 6. The van der Waals surface area contributed by atoms with E-state index in [9.17, 15) is 14.7 Å². The van der Waals surface area contributed by atoms with Crippen LogP contribution in [0.5, 0.6) is 5.75 Å². The van der Waals surface area contributed by atoms with Crippen molar-refractivity contribution in [3.05, 3.63) is 53.9 Å². The van der Waals surface area contributed by atoms with Crippen LogP contribution in [0.25, 0.3) is 16.7 Å². The maximum absolute atomic E-state index is 12.3. The second-order valence-electron chi connectivity index (χ2n) is 4.94. The van der Waals surface area contributed by atoms with Crippen molar-refractivity contribution in [2.45, 2.75) is 0 Å². The van der Waals surface area contributed by atoms with Crippen LogP contribution in [0, 0.1) is 0 Å². The van der Waals surface area contributed by atoms with E-state index in [0.29, 0.717) is 16.7 Å². The lowest BCUT2D eigenvalue weighted by Crippen LogP contribution is -2.13. The van der Waals surface area contributed by atoms with Crippen LogP contribution in [-0.2, 0) is 9.47 Å². The van der Waals surface area contributed by atoms with Gasteiger partial charge in [0, 0.05) is 0 Å². The fraction of sp³-hybridized carbons (Fsp3) is 0.118. The third-order valence-electron chi connectivity index (χ3n) is 3.65. The van der Waals surface area contributed by atoms with Gasteiger partial charge in [-0.05, 0) is 24.3 Å². The molecule has 0 saturated carbocycles. The van der Waals surface area contributed by atoms with E-state index < -0.39 is 11.9 Å². The fourth-order valence-corrected chi connectivity index (χ4v) is 2.55. The second kappa shape index (κ2) is 6.04. The fourth-order valence-electron chi connectivity index (χ4n) is 2.55. The lowest BCUT2D eigenvalue weighted by Gasteiger charge is -2.12. The number of carbonyl (C=O) groups excluding carboxylic acids is 2. The number of hydrogen-bond donors (Lipinski definition) is 1. The molecule has 24 heavy (non-hydrogen) atoms. The zero-order valence-corrected chi connectivity index (χ0v) is 13.0. The molecule has 3 aromatic rings. The SMILES string of the molecule is COC(=O)c1ccc2ncn(-c3ccccc3O)c2c1C(=O)OC. The number of imidazole rings is 1. The highest BCUT2D eigenvalue weighted by atomic mass is 16.5. The summed E-state index contributed by atoms with van der Waals surface area (Å²) in [6.07, 6.45) is 1.47. The van der Waals surface area contributed by atoms with Gasteiger partial charge in [0.05, 0.1) is 36.5 Å². The summed E-state index contributed by atoms with van der Waals surface area (Å²) in [4.78, 5) is 28.6. The average Bonchev–Trinajstić information content (AvgIpc) is 3.03. The average molecular weight is 326 g/mol. The summed E-state index contributed by atoms with van der Waals surface area (Å²) in [5.41, 5.74) is 1.35. The number of rotatable bonds is 3. The normalized spacial score (nSPS) is 10.6. The van der Waals surface area contributed by atoms with Crippen LogP contribution in [0.1, 0.15) is 20.7 Å². The maximum Gasteiger partial charge on any atom is 0.340 e. The Labute approximate surface area is 137 Å². The number of aromatic hydroxyl groups is 1. The van der Waals surface area contributed by atoms with Gasteiger partial charge in [-0.1, -0.05) is 12.1 Å².